The maximum Gasteiger partial charge on any atom is 0.215 e. The van der Waals surface area contributed by atoms with Gasteiger partial charge >= 0.3 is 0 Å². The van der Waals surface area contributed by atoms with Crippen LogP contribution in [-0.4, -0.2) is 38.0 Å². The number of ether oxygens (including phenoxy) is 1. The molecule has 0 amide bonds. The van der Waals surface area contributed by atoms with Gasteiger partial charge < -0.3 is 15.6 Å². The molecule has 0 aliphatic rings. The lowest BCUT2D eigenvalue weighted by Crippen LogP contribution is -2.41. The van der Waals surface area contributed by atoms with Crippen molar-refractivity contribution < 1.29 is 18.3 Å². The Morgan fingerprint density at radius 3 is 2.75 bits per heavy atom. The first kappa shape index (κ1) is 16.7. The van der Waals surface area contributed by atoms with Crippen molar-refractivity contribution in [3.05, 3.63) is 24.3 Å². The summed E-state index contributed by atoms with van der Waals surface area (Å²) < 4.78 is 31.1. The van der Waals surface area contributed by atoms with E-state index in [9.17, 15) is 13.5 Å². The van der Waals surface area contributed by atoms with Crippen molar-refractivity contribution in [3.8, 4) is 5.75 Å². The van der Waals surface area contributed by atoms with Gasteiger partial charge in [0.05, 0.1) is 11.4 Å². The fraction of sp³-hybridized carbons (Fsp3) is 0.538. The Morgan fingerprint density at radius 1 is 1.45 bits per heavy atom. The maximum atomic E-state index is 11.7. The number of rotatable bonds is 8. The second-order valence-electron chi connectivity index (χ2n) is 4.91. The standard InChI is InChI=1S/C13H22N2O4S/c1-3-13(2,16)10-15-20(17,18)8-7-19-12-6-4-5-11(14)9-12/h4-6,9,15-16H,3,7-8,10,14H2,1-2H3. The molecule has 0 aliphatic heterocycles. The van der Waals surface area contributed by atoms with E-state index in [2.05, 4.69) is 4.72 Å². The van der Waals surface area contributed by atoms with Gasteiger partial charge in [0.25, 0.3) is 0 Å². The minimum absolute atomic E-state index is 0.00980. The highest BCUT2D eigenvalue weighted by molar-refractivity contribution is 7.89. The van der Waals surface area contributed by atoms with Gasteiger partial charge in [0, 0.05) is 18.3 Å². The van der Waals surface area contributed by atoms with Crippen molar-refractivity contribution in [2.24, 2.45) is 0 Å². The van der Waals surface area contributed by atoms with Crippen molar-refractivity contribution in [1.82, 2.24) is 4.72 Å². The van der Waals surface area contributed by atoms with E-state index in [1.807, 2.05) is 0 Å². The lowest BCUT2D eigenvalue weighted by atomic mass is 10.1. The predicted molar refractivity (Wildman–Crippen MR) is 79.1 cm³/mol. The Morgan fingerprint density at radius 2 is 2.15 bits per heavy atom. The highest BCUT2D eigenvalue weighted by Gasteiger charge is 2.21. The van der Waals surface area contributed by atoms with Crippen LogP contribution in [0, 0.1) is 0 Å². The van der Waals surface area contributed by atoms with Crippen LogP contribution in [0.3, 0.4) is 0 Å². The molecule has 20 heavy (non-hydrogen) atoms. The highest BCUT2D eigenvalue weighted by atomic mass is 32.2. The Kier molecular flexibility index (Phi) is 5.79. The number of anilines is 1. The van der Waals surface area contributed by atoms with Crippen molar-refractivity contribution in [2.45, 2.75) is 25.9 Å². The van der Waals surface area contributed by atoms with Gasteiger partial charge in [0.1, 0.15) is 12.4 Å². The van der Waals surface area contributed by atoms with Gasteiger partial charge in [-0.1, -0.05) is 13.0 Å². The van der Waals surface area contributed by atoms with Crippen LogP contribution < -0.4 is 15.2 Å². The lowest BCUT2D eigenvalue weighted by molar-refractivity contribution is 0.0613. The zero-order chi connectivity index (χ0) is 15.2. The van der Waals surface area contributed by atoms with E-state index in [-0.39, 0.29) is 18.9 Å². The quantitative estimate of drug-likeness (QED) is 0.614. The van der Waals surface area contributed by atoms with Gasteiger partial charge in [-0.15, -0.1) is 0 Å². The van der Waals surface area contributed by atoms with E-state index in [1.165, 1.54) is 0 Å². The van der Waals surface area contributed by atoms with Crippen LogP contribution in [0.25, 0.3) is 0 Å². The smallest absolute Gasteiger partial charge is 0.215 e. The van der Waals surface area contributed by atoms with Gasteiger partial charge in [0.2, 0.25) is 10.0 Å². The summed E-state index contributed by atoms with van der Waals surface area (Å²) in [7, 11) is -3.47. The summed E-state index contributed by atoms with van der Waals surface area (Å²) in [5, 5.41) is 9.75. The zero-order valence-electron chi connectivity index (χ0n) is 11.8. The number of nitrogens with one attached hydrogen (secondary N) is 1. The van der Waals surface area contributed by atoms with Crippen molar-refractivity contribution >= 4 is 15.7 Å². The summed E-state index contributed by atoms with van der Waals surface area (Å²) in [6.45, 7) is 3.38. The van der Waals surface area contributed by atoms with Gasteiger partial charge in [-0.3, -0.25) is 0 Å². The molecule has 1 unspecified atom stereocenters. The van der Waals surface area contributed by atoms with Gasteiger partial charge in [-0.25, -0.2) is 13.1 Å². The third-order valence-electron chi connectivity index (χ3n) is 2.91. The Labute approximate surface area is 120 Å². The average molecular weight is 302 g/mol. The number of hydrogen-bond donors (Lipinski definition) is 3. The number of hydrogen-bond acceptors (Lipinski definition) is 5. The molecule has 1 rings (SSSR count). The molecular weight excluding hydrogens is 280 g/mol. The van der Waals surface area contributed by atoms with Crippen molar-refractivity contribution in [3.63, 3.8) is 0 Å². The average Bonchev–Trinajstić information content (AvgIpc) is 2.37. The second kappa shape index (κ2) is 6.92. The van der Waals surface area contributed by atoms with Gasteiger partial charge in [0.15, 0.2) is 0 Å². The predicted octanol–water partition coefficient (Wildman–Crippen LogP) is 0.728. The van der Waals surface area contributed by atoms with Crippen LogP contribution in [0.5, 0.6) is 5.75 Å². The number of aliphatic hydroxyl groups is 1. The van der Waals surface area contributed by atoms with E-state index in [4.69, 9.17) is 10.5 Å². The molecule has 0 saturated heterocycles. The molecule has 0 saturated carbocycles. The second-order valence-corrected chi connectivity index (χ2v) is 6.84. The molecule has 0 spiro atoms. The molecular formula is C13H22N2O4S. The molecule has 114 valence electrons. The number of benzene rings is 1. The van der Waals surface area contributed by atoms with Gasteiger partial charge in [-0.05, 0) is 25.5 Å². The molecule has 6 nitrogen and oxygen atoms in total. The Balaban J connectivity index is 2.40. The monoisotopic (exact) mass is 302 g/mol. The van der Waals surface area contributed by atoms with E-state index < -0.39 is 15.6 Å². The minimum Gasteiger partial charge on any atom is -0.492 e. The molecule has 0 aliphatic carbocycles. The number of sulfonamides is 1. The van der Waals surface area contributed by atoms with E-state index in [0.717, 1.165) is 0 Å². The first-order chi connectivity index (χ1) is 9.24. The fourth-order valence-electron chi connectivity index (χ4n) is 1.34. The highest BCUT2D eigenvalue weighted by Crippen LogP contribution is 2.14. The van der Waals surface area contributed by atoms with Crippen LogP contribution in [0.2, 0.25) is 0 Å². The largest absolute Gasteiger partial charge is 0.492 e. The topological polar surface area (TPSA) is 102 Å². The maximum absolute atomic E-state index is 11.7. The summed E-state index contributed by atoms with van der Waals surface area (Å²) in [6, 6.07) is 6.79. The summed E-state index contributed by atoms with van der Waals surface area (Å²) in [6.07, 6.45) is 0.468. The Bertz CT molecular complexity index is 529. The van der Waals surface area contributed by atoms with Gasteiger partial charge in [-0.2, -0.15) is 0 Å². The van der Waals surface area contributed by atoms with Crippen molar-refractivity contribution in [1.29, 1.82) is 0 Å². The molecule has 0 radical (unpaired) electrons. The summed E-state index contributed by atoms with van der Waals surface area (Å²) in [5.74, 6) is 0.350. The van der Waals surface area contributed by atoms with Crippen LogP contribution in [-0.2, 0) is 10.0 Å². The molecule has 4 N–H and O–H groups in total. The van der Waals surface area contributed by atoms with E-state index in [1.54, 1.807) is 38.1 Å². The zero-order valence-corrected chi connectivity index (χ0v) is 12.6. The molecule has 1 aromatic carbocycles. The minimum atomic E-state index is -3.47. The molecule has 0 bridgehead atoms. The molecule has 0 fully saturated rings. The third kappa shape index (κ3) is 6.23. The van der Waals surface area contributed by atoms with E-state index in [0.29, 0.717) is 17.9 Å². The normalized spacial score (nSPS) is 14.8. The van der Waals surface area contributed by atoms with Crippen LogP contribution >= 0.6 is 0 Å². The fourth-order valence-corrected chi connectivity index (χ4v) is 2.31. The van der Waals surface area contributed by atoms with Crippen LogP contribution in [0.15, 0.2) is 24.3 Å². The summed E-state index contributed by atoms with van der Waals surface area (Å²) in [4.78, 5) is 0. The summed E-state index contributed by atoms with van der Waals surface area (Å²) in [5.41, 5.74) is 5.11. The number of nitrogen functional groups attached to an aromatic ring is 1. The first-order valence-corrected chi connectivity index (χ1v) is 8.07. The molecule has 1 aromatic rings. The molecule has 0 heterocycles. The first-order valence-electron chi connectivity index (χ1n) is 6.42. The Hall–Kier alpha value is -1.31. The third-order valence-corrected chi connectivity index (χ3v) is 4.20. The van der Waals surface area contributed by atoms with Crippen molar-refractivity contribution in [2.75, 3.05) is 24.6 Å². The number of nitrogens with two attached hydrogens (primary N) is 1. The SMILES string of the molecule is CCC(C)(O)CNS(=O)(=O)CCOc1cccc(N)c1. The summed E-state index contributed by atoms with van der Waals surface area (Å²) >= 11 is 0. The lowest BCUT2D eigenvalue weighted by Gasteiger charge is -2.21. The van der Waals surface area contributed by atoms with E-state index >= 15 is 0 Å². The molecule has 7 heteroatoms. The molecule has 1 atom stereocenters. The van der Waals surface area contributed by atoms with Crippen LogP contribution in [0.4, 0.5) is 5.69 Å². The van der Waals surface area contributed by atoms with Crippen LogP contribution in [0.1, 0.15) is 20.3 Å². The molecule has 0 aromatic heterocycles.